The van der Waals surface area contributed by atoms with Crippen LogP contribution in [0.3, 0.4) is 0 Å². The molecule has 1 atom stereocenters. The highest BCUT2D eigenvalue weighted by atomic mass is 35.5. The average molecular weight is 520 g/mol. The van der Waals surface area contributed by atoms with Crippen LogP contribution < -0.4 is 9.64 Å². The zero-order valence-corrected chi connectivity index (χ0v) is 20.9. The van der Waals surface area contributed by atoms with Crippen molar-refractivity contribution in [1.82, 2.24) is 4.90 Å². The van der Waals surface area contributed by atoms with E-state index in [1.165, 1.54) is 12.0 Å². The maximum atomic E-state index is 13.4. The van der Waals surface area contributed by atoms with E-state index in [9.17, 15) is 19.2 Å². The zero-order chi connectivity index (χ0) is 26.0. The summed E-state index contributed by atoms with van der Waals surface area (Å²) in [5, 5.41) is 0.359. The topological polar surface area (TPSA) is 124 Å². The molecule has 1 saturated carbocycles. The number of carbonyl (C=O) groups excluding carboxylic acids is 4. The van der Waals surface area contributed by atoms with E-state index in [1.807, 2.05) is 0 Å². The number of carbonyl (C=O) groups is 4. The maximum Gasteiger partial charge on any atom is 0.397 e. The quantitative estimate of drug-likeness (QED) is 0.328. The second-order valence-electron chi connectivity index (χ2n) is 8.32. The van der Waals surface area contributed by atoms with E-state index < -0.39 is 35.9 Å². The van der Waals surface area contributed by atoms with Crippen molar-refractivity contribution < 1.29 is 38.1 Å². The molecule has 0 spiro atoms. The van der Waals surface area contributed by atoms with Gasteiger partial charge in [-0.3, -0.25) is 14.6 Å². The Balaban J connectivity index is 1.94. The standard InChI is InChI=1S/C24H26ClN3O8/c1-4-35-23(32)20(29)27(14-8-6-5-7-9-14)19-17(21(30)33-2)18(22(31)34-3)28-15-12-13(25)10-11-16(15)36-24(28)26-19/h10-12,14,18H,4-9H2,1-3H3. The Morgan fingerprint density at radius 3 is 2.50 bits per heavy atom. The highest BCUT2D eigenvalue weighted by Gasteiger charge is 2.50. The SMILES string of the molecule is CCOC(=O)C(=O)N(C1=C(C(=O)OC)C(C(=O)OC)N2C(=N1)Oc1ccc(Cl)cc12)C1CCCCC1. The second kappa shape index (κ2) is 10.6. The van der Waals surface area contributed by atoms with Crippen LogP contribution in [0.15, 0.2) is 34.6 Å². The minimum absolute atomic E-state index is 0.0156. The van der Waals surface area contributed by atoms with E-state index in [-0.39, 0.29) is 24.0 Å². The van der Waals surface area contributed by atoms with Gasteiger partial charge in [0.05, 0.1) is 26.5 Å². The average Bonchev–Trinajstić information content (AvgIpc) is 3.25. The van der Waals surface area contributed by atoms with Gasteiger partial charge in [0.1, 0.15) is 5.57 Å². The first kappa shape index (κ1) is 25.5. The Hall–Kier alpha value is -3.60. The lowest BCUT2D eigenvalue weighted by molar-refractivity contribution is -0.160. The highest BCUT2D eigenvalue weighted by molar-refractivity contribution is 6.33. The molecule has 11 nitrogen and oxygen atoms in total. The molecule has 2 aliphatic heterocycles. The second-order valence-corrected chi connectivity index (χ2v) is 8.76. The number of benzene rings is 1. The van der Waals surface area contributed by atoms with Crippen LogP contribution in [-0.2, 0) is 33.4 Å². The van der Waals surface area contributed by atoms with Gasteiger partial charge >= 0.3 is 29.8 Å². The van der Waals surface area contributed by atoms with Crippen LogP contribution in [0.1, 0.15) is 39.0 Å². The third-order valence-electron chi connectivity index (χ3n) is 6.23. The number of esters is 3. The molecule has 2 heterocycles. The van der Waals surface area contributed by atoms with Crippen LogP contribution in [-0.4, -0.2) is 67.6 Å². The van der Waals surface area contributed by atoms with Gasteiger partial charge in [0.25, 0.3) is 0 Å². The number of nitrogens with zero attached hydrogens (tertiary/aromatic N) is 3. The summed E-state index contributed by atoms with van der Waals surface area (Å²) in [7, 11) is 2.31. The molecule has 12 heteroatoms. The molecule has 0 saturated heterocycles. The largest absolute Gasteiger partial charge is 0.467 e. The maximum absolute atomic E-state index is 13.4. The molecule has 0 N–H and O–H groups in total. The van der Waals surface area contributed by atoms with Crippen LogP contribution in [0.25, 0.3) is 0 Å². The molecule has 1 amide bonds. The monoisotopic (exact) mass is 519 g/mol. The predicted octanol–water partition coefficient (Wildman–Crippen LogP) is 2.56. The van der Waals surface area contributed by atoms with Gasteiger partial charge < -0.3 is 18.9 Å². The normalized spacial score (nSPS) is 18.9. The van der Waals surface area contributed by atoms with Crippen LogP contribution in [0.2, 0.25) is 5.02 Å². The lowest BCUT2D eigenvalue weighted by Crippen LogP contribution is -2.54. The first-order valence-electron chi connectivity index (χ1n) is 11.6. The summed E-state index contributed by atoms with van der Waals surface area (Å²) in [6, 6.07) is 2.78. The van der Waals surface area contributed by atoms with E-state index >= 15 is 0 Å². The van der Waals surface area contributed by atoms with Crippen molar-refractivity contribution in [3.8, 4) is 5.75 Å². The van der Waals surface area contributed by atoms with Gasteiger partial charge in [0.15, 0.2) is 17.6 Å². The van der Waals surface area contributed by atoms with E-state index in [0.29, 0.717) is 29.3 Å². The van der Waals surface area contributed by atoms with Gasteiger partial charge in [-0.25, -0.2) is 14.4 Å². The van der Waals surface area contributed by atoms with Gasteiger partial charge in [0, 0.05) is 11.1 Å². The summed E-state index contributed by atoms with van der Waals surface area (Å²) in [4.78, 5) is 59.3. The fourth-order valence-corrected chi connectivity index (χ4v) is 4.81. The van der Waals surface area contributed by atoms with Crippen LogP contribution in [0.4, 0.5) is 5.69 Å². The Bertz CT molecular complexity index is 1160. The Kier molecular flexibility index (Phi) is 7.48. The number of aliphatic imine (C=N–C) groups is 1. The number of hydrogen-bond acceptors (Lipinski definition) is 10. The number of fused-ring (bicyclic) bond motifs is 3. The van der Waals surface area contributed by atoms with Crippen molar-refractivity contribution in [3.63, 3.8) is 0 Å². The molecule has 0 radical (unpaired) electrons. The summed E-state index contributed by atoms with van der Waals surface area (Å²) < 4.78 is 20.9. The molecule has 1 aliphatic carbocycles. The lowest BCUT2D eigenvalue weighted by Gasteiger charge is -2.38. The van der Waals surface area contributed by atoms with Crippen LogP contribution >= 0.6 is 11.6 Å². The summed E-state index contributed by atoms with van der Waals surface area (Å²) in [6.07, 6.45) is 3.71. The first-order chi connectivity index (χ1) is 17.3. The number of anilines is 1. The minimum Gasteiger partial charge on any atom is -0.467 e. The van der Waals surface area contributed by atoms with Crippen LogP contribution in [0.5, 0.6) is 5.75 Å². The molecular weight excluding hydrogens is 494 g/mol. The Morgan fingerprint density at radius 2 is 1.86 bits per heavy atom. The zero-order valence-electron chi connectivity index (χ0n) is 20.1. The first-order valence-corrected chi connectivity index (χ1v) is 12.0. The third-order valence-corrected chi connectivity index (χ3v) is 6.46. The highest BCUT2D eigenvalue weighted by Crippen LogP contribution is 2.43. The molecule has 36 heavy (non-hydrogen) atoms. The van der Waals surface area contributed by atoms with Crippen molar-refractivity contribution in [1.29, 1.82) is 0 Å². The van der Waals surface area contributed by atoms with E-state index in [4.69, 9.17) is 30.5 Å². The lowest BCUT2D eigenvalue weighted by atomic mass is 9.93. The number of halogens is 1. The number of amides is 1. The molecule has 1 aromatic rings. The Morgan fingerprint density at radius 1 is 1.14 bits per heavy atom. The van der Waals surface area contributed by atoms with Crippen molar-refractivity contribution in [2.45, 2.75) is 51.1 Å². The molecule has 1 aromatic carbocycles. The molecule has 0 bridgehead atoms. The minimum atomic E-state index is -1.43. The summed E-state index contributed by atoms with van der Waals surface area (Å²) in [6.45, 7) is 1.56. The fraction of sp³-hybridized carbons (Fsp3) is 0.458. The van der Waals surface area contributed by atoms with Crippen LogP contribution in [0, 0.1) is 0 Å². The number of hydrogen-bond donors (Lipinski definition) is 0. The molecule has 4 rings (SSSR count). The molecule has 3 aliphatic rings. The third kappa shape index (κ3) is 4.50. The van der Waals surface area contributed by atoms with Gasteiger partial charge in [-0.05, 0) is 38.0 Å². The summed E-state index contributed by atoms with van der Waals surface area (Å²) in [5.74, 6) is -3.73. The smallest absolute Gasteiger partial charge is 0.397 e. The van der Waals surface area contributed by atoms with Gasteiger partial charge in [-0.2, -0.15) is 4.99 Å². The number of rotatable bonds is 5. The predicted molar refractivity (Wildman–Crippen MR) is 127 cm³/mol. The molecule has 1 unspecified atom stereocenters. The van der Waals surface area contributed by atoms with E-state index in [2.05, 4.69) is 4.99 Å². The molecular formula is C24H26ClN3O8. The summed E-state index contributed by atoms with van der Waals surface area (Å²) >= 11 is 6.18. The van der Waals surface area contributed by atoms with Crippen molar-refractivity contribution in [3.05, 3.63) is 34.6 Å². The van der Waals surface area contributed by atoms with Crippen molar-refractivity contribution in [2.75, 3.05) is 25.7 Å². The van der Waals surface area contributed by atoms with Gasteiger partial charge in [-0.1, -0.05) is 30.9 Å². The summed E-state index contributed by atoms with van der Waals surface area (Å²) in [5.41, 5.74) is 0.103. The molecule has 1 fully saturated rings. The van der Waals surface area contributed by atoms with Gasteiger partial charge in [0.2, 0.25) is 0 Å². The molecule has 0 aromatic heterocycles. The molecule has 192 valence electrons. The van der Waals surface area contributed by atoms with E-state index in [0.717, 1.165) is 31.3 Å². The van der Waals surface area contributed by atoms with Gasteiger partial charge in [-0.15, -0.1) is 0 Å². The number of amidine groups is 1. The van der Waals surface area contributed by atoms with Crippen molar-refractivity contribution in [2.24, 2.45) is 4.99 Å². The Labute approximate surface area is 212 Å². The van der Waals surface area contributed by atoms with E-state index in [1.54, 1.807) is 25.1 Å². The number of methoxy groups -OCH3 is 2. The number of ether oxygens (including phenoxy) is 4. The van der Waals surface area contributed by atoms with Crippen molar-refractivity contribution >= 4 is 47.1 Å². The fourth-order valence-electron chi connectivity index (χ4n) is 4.64.